The maximum absolute atomic E-state index is 13.1. The highest BCUT2D eigenvalue weighted by Gasteiger charge is 2.36. The number of ketones is 1. The second-order valence-corrected chi connectivity index (χ2v) is 37.0. The number of morpholine rings is 1. The molecule has 1 fully saturated rings. The molecule has 138 heavy (non-hydrogen) atoms. The summed E-state index contributed by atoms with van der Waals surface area (Å²) in [6.45, 7) is 38.3. The number of aromatic amines is 2. The Balaban J connectivity index is 0.000000341. The zero-order valence-corrected chi connectivity index (χ0v) is 83.2. The number of aromatic nitrogens is 6. The van der Waals surface area contributed by atoms with Crippen molar-refractivity contribution >= 4 is 163 Å². The molecule has 7 heterocycles. The van der Waals surface area contributed by atoms with Crippen molar-refractivity contribution in [3.63, 3.8) is 0 Å². The number of sulfonamides is 1. The summed E-state index contributed by atoms with van der Waals surface area (Å²) in [5.41, 5.74) is 7.24. The number of fused-ring (bicyclic) bond motifs is 2. The van der Waals surface area contributed by atoms with E-state index in [1.807, 2.05) is 32.6 Å². The molecule has 9 rings (SSSR count). The number of esters is 9. The number of H-pyrrole nitrogens is 2. The molecule has 8 N–H and O–H groups in total. The number of carbonyl (C=O) groups excluding carboxylic acids is 15. The Morgan fingerprint density at radius 3 is 1.39 bits per heavy atom. The highest BCUT2D eigenvalue weighted by molar-refractivity contribution is 7.92. The van der Waals surface area contributed by atoms with Gasteiger partial charge in [0, 0.05) is 122 Å². The first-order valence-corrected chi connectivity index (χ1v) is 48.3. The number of anilines is 3. The number of rotatable bonds is 49. The number of Topliss-reactive ketones (excluding diaryl/α,β-unsaturated/α-hetero) is 1. The largest absolute Gasteiger partial charge is 0.470 e. The van der Waals surface area contributed by atoms with Gasteiger partial charge in [-0.2, -0.15) is 12.8 Å². The van der Waals surface area contributed by atoms with E-state index in [1.165, 1.54) is 40.7 Å². The number of likely N-dealkylation sites (N-methyl/N-ethyl adjacent to an activating group) is 2. The minimum atomic E-state index is -4.50. The van der Waals surface area contributed by atoms with Crippen LogP contribution in [0.25, 0.3) is 23.3 Å². The van der Waals surface area contributed by atoms with Crippen molar-refractivity contribution in [1.29, 1.82) is 0 Å². The molecule has 7 unspecified atom stereocenters. The summed E-state index contributed by atoms with van der Waals surface area (Å²) in [4.78, 5) is 203. The van der Waals surface area contributed by atoms with Crippen LogP contribution < -0.4 is 50.4 Å². The third kappa shape index (κ3) is 33.0. The lowest BCUT2D eigenvalue weighted by Gasteiger charge is -2.28. The van der Waals surface area contributed by atoms with Crippen LogP contribution >= 0.6 is 23.1 Å². The standard InChI is InChI=1S/C50H70N8O14S.C42H53N7O14S2/c1-11-57(12-2)20-19-51-45(62)42-29(3)39(53-30(42)4)26-37-36-25-34(17-18-38(36)54-44(37)61)71-41(60)16-14-13-15-40(59)68-31(5)47(63)69-32(6)48(64)70-33(7)49(65)72-35(27-52-50(8,9)10)28-67-46-43(55-73-56-46)58-21-23-66-24-22-58;1-9-49(10-2)18-17-43-39(55)36-23(4)32(44-24(36)5)21-30-29-20-28(15-16-31(29)45-38(30)54)63-35(52)14-12-11-13-34(51)60-26(7)40(56)62-27(8)41(57)61-25(6)37(53)48-65(58,59)42-47-46-33(64-42)19-22(3)50/h17-18,25-26,31-33,35,52-53H,11-16,19-24,27-28H2,1-10H3,(H,51,62)(H,54,61);15-16,20-21,25-27,44H,9-14,17-19H2,1-8H3,(H,43,55)(H,45,54)(H,48,53)/b37-26-;30-21-. The Labute approximate surface area is 807 Å². The van der Waals surface area contributed by atoms with E-state index in [0.717, 1.165) is 64.8 Å². The van der Waals surface area contributed by atoms with E-state index < -0.39 is 117 Å². The van der Waals surface area contributed by atoms with Crippen molar-refractivity contribution < 1.29 is 132 Å². The van der Waals surface area contributed by atoms with Crippen LogP contribution in [0.3, 0.4) is 0 Å². The van der Waals surface area contributed by atoms with Gasteiger partial charge < -0.3 is 103 Å². The van der Waals surface area contributed by atoms with Gasteiger partial charge in [0.2, 0.25) is 5.82 Å². The quantitative estimate of drug-likeness (QED) is 0.00603. The number of hydrogen-bond donors (Lipinski definition) is 8. The lowest BCUT2D eigenvalue weighted by atomic mass is 10.0. The smallest absolute Gasteiger partial charge is 0.347 e. The molecule has 43 nitrogen and oxygen atoms in total. The van der Waals surface area contributed by atoms with Crippen LogP contribution in [0.2, 0.25) is 0 Å². The van der Waals surface area contributed by atoms with Gasteiger partial charge in [0.15, 0.2) is 36.6 Å². The minimum absolute atomic E-state index is 0.0448. The number of aryl methyl sites for hydroxylation is 2. The van der Waals surface area contributed by atoms with E-state index in [4.69, 9.17) is 52.1 Å². The molecule has 5 amide bonds. The monoisotopic (exact) mass is 1980 g/mol. The summed E-state index contributed by atoms with van der Waals surface area (Å²) < 4.78 is 93.6. The maximum Gasteiger partial charge on any atom is 0.347 e. The second kappa shape index (κ2) is 52.1. The summed E-state index contributed by atoms with van der Waals surface area (Å²) in [5, 5.41) is 22.0. The lowest BCUT2D eigenvalue weighted by molar-refractivity contribution is -0.183. The Hall–Kier alpha value is -12.8. The molecule has 0 spiro atoms. The third-order valence-electron chi connectivity index (χ3n) is 21.7. The Morgan fingerprint density at radius 1 is 0.558 bits per heavy atom. The van der Waals surface area contributed by atoms with Gasteiger partial charge in [-0.1, -0.05) is 39.0 Å². The molecule has 1 saturated heterocycles. The van der Waals surface area contributed by atoms with Gasteiger partial charge in [0.25, 0.3) is 49.8 Å². The first-order valence-electron chi connectivity index (χ1n) is 45.3. The predicted molar refractivity (Wildman–Crippen MR) is 504 cm³/mol. The van der Waals surface area contributed by atoms with Gasteiger partial charge in [-0.05, 0) is 208 Å². The van der Waals surface area contributed by atoms with Crippen LogP contribution in [0.4, 0.5) is 17.2 Å². The number of carbonyl (C=O) groups is 15. The van der Waals surface area contributed by atoms with E-state index in [2.05, 4.69) is 93.0 Å². The van der Waals surface area contributed by atoms with Crippen molar-refractivity contribution in [3.8, 4) is 17.4 Å². The Kier molecular flexibility index (Phi) is 41.8. The summed E-state index contributed by atoms with van der Waals surface area (Å²) in [5.74, 6) is -9.34. The molecule has 7 atom stereocenters. The molecule has 3 aliphatic rings. The van der Waals surface area contributed by atoms with Gasteiger partial charge >= 0.3 is 53.7 Å². The average molecular weight is 1980 g/mol. The third-order valence-corrected chi connectivity index (χ3v) is 24.8. The summed E-state index contributed by atoms with van der Waals surface area (Å²) >= 11 is 1.58. The van der Waals surface area contributed by atoms with E-state index in [1.54, 1.807) is 68.0 Å². The number of unbranched alkanes of at least 4 members (excludes halogenated alkanes) is 2. The topological polar surface area (TPSA) is 557 Å². The maximum atomic E-state index is 13.1. The average Bonchev–Trinajstić information content (AvgIpc) is 1.63. The molecule has 2 aromatic carbocycles. The number of hydrogen-bond acceptors (Lipinski definition) is 38. The zero-order valence-electron chi connectivity index (χ0n) is 80.7. The SMILES string of the molecule is CCN(CC)CCNC(=O)c1c(C)[nH]c(/C=C2\C(=O)Nc3ccc(OC(=O)CCCCC(=O)OC(C)C(=O)OC(C)C(=O)OC(C)C(=O)NS(=O)(=O)c4nnc(CC(C)=O)s4)cc32)c1C.CCN(CC)CCNC(=O)c1c(C)[nH]c(/C=C2\C(=O)Nc3ccc(OC(=O)CCCCC(=O)OC(C)C(=O)OC(C)C(=O)OC(C)C(=O)OC(CNC(C)(C)C)COc4nsnc4N4CCOCC4)cc32)c1C. The number of benzene rings is 2. The summed E-state index contributed by atoms with van der Waals surface area (Å²) in [6.07, 6.45) is -6.12. The Bertz CT molecular complexity index is 5580. The van der Waals surface area contributed by atoms with Gasteiger partial charge in [-0.15, -0.1) is 14.6 Å². The molecule has 46 heteroatoms. The van der Waals surface area contributed by atoms with E-state index >= 15 is 0 Å². The molecule has 0 saturated carbocycles. The molecule has 0 bridgehead atoms. The van der Waals surface area contributed by atoms with Crippen LogP contribution in [-0.4, -0.2) is 276 Å². The first kappa shape index (κ1) is 111. The zero-order chi connectivity index (χ0) is 102. The van der Waals surface area contributed by atoms with Gasteiger partial charge in [0.05, 0.1) is 53.6 Å². The van der Waals surface area contributed by atoms with Crippen LogP contribution in [0.5, 0.6) is 17.4 Å². The highest BCUT2D eigenvalue weighted by Crippen LogP contribution is 2.39. The van der Waals surface area contributed by atoms with Crippen LogP contribution in [0.1, 0.15) is 219 Å². The van der Waals surface area contributed by atoms with Crippen molar-refractivity contribution in [2.75, 3.05) is 107 Å². The fourth-order valence-corrected chi connectivity index (χ4v) is 16.6. The minimum Gasteiger partial charge on any atom is -0.470 e. The van der Waals surface area contributed by atoms with Crippen molar-refractivity contribution in [2.45, 2.75) is 235 Å². The molecule has 0 aliphatic carbocycles. The Morgan fingerprint density at radius 2 is 0.971 bits per heavy atom. The normalized spacial score (nSPS) is 15.0. The highest BCUT2D eigenvalue weighted by atomic mass is 32.2. The second-order valence-electron chi connectivity index (χ2n) is 33.6. The number of nitrogens with zero attached hydrogens (tertiary/aromatic N) is 7. The van der Waals surface area contributed by atoms with Crippen molar-refractivity contribution in [2.24, 2.45) is 0 Å². The van der Waals surface area contributed by atoms with Crippen LogP contribution in [0.15, 0.2) is 40.7 Å². The summed E-state index contributed by atoms with van der Waals surface area (Å²) in [6, 6.07) is 9.48. The first-order chi connectivity index (χ1) is 65.3. The van der Waals surface area contributed by atoms with Gasteiger partial charge in [0.1, 0.15) is 35.0 Å². The summed E-state index contributed by atoms with van der Waals surface area (Å²) in [7, 11) is -4.50. The molecule has 4 aromatic heterocycles. The van der Waals surface area contributed by atoms with Gasteiger partial charge in [-0.3, -0.25) is 47.9 Å². The van der Waals surface area contributed by atoms with Crippen LogP contribution in [0, 0.1) is 27.7 Å². The molecule has 752 valence electrons. The van der Waals surface area contributed by atoms with Crippen molar-refractivity contribution in [1.82, 2.24) is 59.4 Å². The fraction of sp³-hybridized carbons (Fsp3) is 0.533. The molecular weight excluding hydrogens is 1860 g/mol. The van der Waals surface area contributed by atoms with Gasteiger partial charge in [-0.25, -0.2) is 28.7 Å². The van der Waals surface area contributed by atoms with Crippen molar-refractivity contribution in [3.05, 3.63) is 97.6 Å². The van der Waals surface area contributed by atoms with E-state index in [-0.39, 0.29) is 122 Å². The lowest BCUT2D eigenvalue weighted by Crippen LogP contribution is -2.45. The predicted octanol–water partition coefficient (Wildman–Crippen LogP) is 7.47. The van der Waals surface area contributed by atoms with E-state index in [9.17, 15) is 80.3 Å². The fourth-order valence-electron chi connectivity index (χ4n) is 13.9. The molecule has 6 aromatic rings. The number of amides is 5. The van der Waals surface area contributed by atoms with E-state index in [0.29, 0.717) is 141 Å². The molecular formula is C92H123N15O28S3. The molecule has 3 aliphatic heterocycles. The van der Waals surface area contributed by atoms with Crippen LogP contribution in [-0.2, 0) is 117 Å². The number of ether oxygens (including phenoxy) is 11. The molecule has 0 radical (unpaired) electrons. The number of nitrogens with one attached hydrogen (secondary N) is 8.